The molecule has 2 nitrogen and oxygen atoms in total. The Labute approximate surface area is 140 Å². The molecule has 2 aromatic carbocycles. The highest BCUT2D eigenvalue weighted by molar-refractivity contribution is 5.26. The zero-order valence-electron chi connectivity index (χ0n) is 13.8. The van der Waals surface area contributed by atoms with Crippen LogP contribution in [0.1, 0.15) is 29.7 Å². The van der Waals surface area contributed by atoms with Crippen LogP contribution in [0.3, 0.4) is 0 Å². The number of alkyl halides is 3. The third-order valence-corrected chi connectivity index (χ3v) is 4.30. The molecule has 0 aliphatic rings. The second-order valence-electron chi connectivity index (χ2n) is 6.02. The maximum Gasteiger partial charge on any atom is 0.416 e. The van der Waals surface area contributed by atoms with Gasteiger partial charge in [0.25, 0.3) is 0 Å². The molecule has 5 heteroatoms. The van der Waals surface area contributed by atoms with Crippen molar-refractivity contribution in [1.82, 2.24) is 4.90 Å². The molecule has 0 fully saturated rings. The lowest BCUT2D eigenvalue weighted by atomic mass is 10.0. The lowest BCUT2D eigenvalue weighted by Crippen LogP contribution is -2.35. The van der Waals surface area contributed by atoms with E-state index in [0.717, 1.165) is 11.6 Å². The Hall–Kier alpha value is -1.85. The molecule has 0 aliphatic carbocycles. The summed E-state index contributed by atoms with van der Waals surface area (Å²) in [6.07, 6.45) is -4.47. The Morgan fingerprint density at radius 3 is 2.33 bits per heavy atom. The van der Waals surface area contributed by atoms with Crippen molar-refractivity contribution >= 4 is 0 Å². The highest BCUT2D eigenvalue weighted by Crippen LogP contribution is 2.29. The molecule has 2 rings (SSSR count). The van der Waals surface area contributed by atoms with Gasteiger partial charge < -0.3 is 10.0 Å². The predicted molar refractivity (Wildman–Crippen MR) is 88.6 cm³/mol. The summed E-state index contributed by atoms with van der Waals surface area (Å²) in [6, 6.07) is 14.6. The van der Waals surface area contributed by atoms with Crippen LogP contribution < -0.4 is 0 Å². The predicted octanol–water partition coefficient (Wildman–Crippen LogP) is 4.30. The molecule has 24 heavy (non-hydrogen) atoms. The first-order valence-corrected chi connectivity index (χ1v) is 7.88. The minimum absolute atomic E-state index is 0.141. The quantitative estimate of drug-likeness (QED) is 0.849. The zero-order chi connectivity index (χ0) is 17.7. The Kier molecular flexibility index (Phi) is 6.02. The minimum Gasteiger partial charge on any atom is -0.387 e. The van der Waals surface area contributed by atoms with Crippen molar-refractivity contribution < 1.29 is 18.3 Å². The highest BCUT2D eigenvalue weighted by atomic mass is 19.4. The summed E-state index contributed by atoms with van der Waals surface area (Å²) in [6.45, 7) is 2.47. The molecule has 0 saturated carbocycles. The smallest absolute Gasteiger partial charge is 0.387 e. The minimum atomic E-state index is -4.32. The summed E-state index contributed by atoms with van der Waals surface area (Å²) in [5, 5.41) is 10.4. The first-order chi connectivity index (χ1) is 11.3. The van der Waals surface area contributed by atoms with Gasteiger partial charge in [0, 0.05) is 12.6 Å². The zero-order valence-corrected chi connectivity index (χ0v) is 13.8. The first kappa shape index (κ1) is 18.5. The van der Waals surface area contributed by atoms with Crippen molar-refractivity contribution in [3.8, 4) is 0 Å². The van der Waals surface area contributed by atoms with E-state index in [-0.39, 0.29) is 6.04 Å². The number of halogens is 3. The molecule has 0 aliphatic heterocycles. The van der Waals surface area contributed by atoms with E-state index in [9.17, 15) is 18.3 Å². The molecule has 0 spiro atoms. The van der Waals surface area contributed by atoms with Crippen LogP contribution in [0.15, 0.2) is 54.6 Å². The normalized spacial score (nSPS) is 14.6. The molecule has 130 valence electrons. The third kappa shape index (κ3) is 4.82. The van der Waals surface area contributed by atoms with Crippen molar-refractivity contribution in [1.29, 1.82) is 0 Å². The molecular weight excluding hydrogens is 315 g/mol. The fourth-order valence-corrected chi connectivity index (χ4v) is 2.58. The average Bonchev–Trinajstić information content (AvgIpc) is 2.58. The van der Waals surface area contributed by atoms with Crippen LogP contribution >= 0.6 is 0 Å². The molecule has 0 radical (unpaired) electrons. The second-order valence-corrected chi connectivity index (χ2v) is 6.02. The first-order valence-electron chi connectivity index (χ1n) is 7.88. The van der Waals surface area contributed by atoms with Crippen LogP contribution in [0.5, 0.6) is 0 Å². The number of rotatable bonds is 6. The van der Waals surface area contributed by atoms with Crippen LogP contribution in [-0.2, 0) is 12.6 Å². The summed E-state index contributed by atoms with van der Waals surface area (Å²) in [5.74, 6) is 0. The molecule has 0 heterocycles. The van der Waals surface area contributed by atoms with Gasteiger partial charge in [-0.05, 0) is 37.6 Å². The summed E-state index contributed by atoms with van der Waals surface area (Å²) >= 11 is 0. The molecule has 2 aromatic rings. The fourth-order valence-electron chi connectivity index (χ4n) is 2.58. The van der Waals surface area contributed by atoms with Crippen molar-refractivity contribution in [3.63, 3.8) is 0 Å². The summed E-state index contributed by atoms with van der Waals surface area (Å²) in [5.41, 5.74) is 0.842. The molecule has 0 saturated heterocycles. The van der Waals surface area contributed by atoms with Crippen molar-refractivity contribution in [2.45, 2.75) is 31.7 Å². The van der Waals surface area contributed by atoms with Gasteiger partial charge >= 0.3 is 6.18 Å². The SMILES string of the molecule is C[C@H]([C@@H](O)c1ccccc1)N(C)CCc1cccc(C(F)(F)F)c1. The van der Waals surface area contributed by atoms with Gasteiger partial charge in [-0.15, -0.1) is 0 Å². The van der Waals surface area contributed by atoms with E-state index in [4.69, 9.17) is 0 Å². The van der Waals surface area contributed by atoms with Crippen LogP contribution in [0.25, 0.3) is 0 Å². The van der Waals surface area contributed by atoms with Crippen molar-refractivity contribution in [3.05, 3.63) is 71.3 Å². The number of hydrogen-bond acceptors (Lipinski definition) is 2. The lowest BCUT2D eigenvalue weighted by Gasteiger charge is -2.29. The van der Waals surface area contributed by atoms with E-state index in [1.54, 1.807) is 6.07 Å². The van der Waals surface area contributed by atoms with Gasteiger partial charge in [0.15, 0.2) is 0 Å². The molecule has 0 unspecified atom stereocenters. The Bertz CT molecular complexity index is 643. The number of likely N-dealkylation sites (N-methyl/N-ethyl adjacent to an activating group) is 1. The standard InChI is InChI=1S/C19H22F3NO/c1-14(18(24)16-8-4-3-5-9-16)23(2)12-11-15-7-6-10-17(13-15)19(20,21)22/h3-10,13-14,18,24H,11-12H2,1-2H3/t14-,18-/m1/s1. The van der Waals surface area contributed by atoms with Gasteiger partial charge in [-0.3, -0.25) is 0 Å². The van der Waals surface area contributed by atoms with Gasteiger partial charge in [-0.1, -0.05) is 48.5 Å². The monoisotopic (exact) mass is 337 g/mol. The van der Waals surface area contributed by atoms with Crippen LogP contribution in [0, 0.1) is 0 Å². The summed E-state index contributed by atoms with van der Waals surface area (Å²) in [7, 11) is 1.87. The van der Waals surface area contributed by atoms with Gasteiger partial charge in [-0.25, -0.2) is 0 Å². The summed E-state index contributed by atoms with van der Waals surface area (Å²) in [4.78, 5) is 1.96. The van der Waals surface area contributed by atoms with Gasteiger partial charge in [-0.2, -0.15) is 13.2 Å². The number of hydrogen-bond donors (Lipinski definition) is 1. The molecule has 0 amide bonds. The Morgan fingerprint density at radius 1 is 1.04 bits per heavy atom. The van der Waals surface area contributed by atoms with Gasteiger partial charge in [0.1, 0.15) is 0 Å². The van der Waals surface area contributed by atoms with Gasteiger partial charge in [0.2, 0.25) is 0 Å². The van der Waals surface area contributed by atoms with E-state index >= 15 is 0 Å². The largest absolute Gasteiger partial charge is 0.416 e. The van der Waals surface area contributed by atoms with E-state index in [1.807, 2.05) is 49.2 Å². The van der Waals surface area contributed by atoms with Crippen LogP contribution in [0.4, 0.5) is 13.2 Å². The second kappa shape index (κ2) is 7.81. The molecule has 2 atom stereocenters. The third-order valence-electron chi connectivity index (χ3n) is 4.30. The van der Waals surface area contributed by atoms with E-state index in [1.165, 1.54) is 12.1 Å². The molecular formula is C19H22F3NO. The molecule has 0 aromatic heterocycles. The van der Waals surface area contributed by atoms with Crippen molar-refractivity contribution in [2.75, 3.05) is 13.6 Å². The maximum atomic E-state index is 12.7. The molecule has 1 N–H and O–H groups in total. The Balaban J connectivity index is 1.96. The van der Waals surface area contributed by atoms with Crippen LogP contribution in [-0.4, -0.2) is 29.6 Å². The number of aliphatic hydroxyl groups excluding tert-OH is 1. The maximum absolute atomic E-state index is 12.7. The van der Waals surface area contributed by atoms with E-state index < -0.39 is 17.8 Å². The molecule has 0 bridgehead atoms. The summed E-state index contributed by atoms with van der Waals surface area (Å²) < 4.78 is 38.2. The van der Waals surface area contributed by atoms with Crippen LogP contribution in [0.2, 0.25) is 0 Å². The van der Waals surface area contributed by atoms with E-state index in [2.05, 4.69) is 0 Å². The van der Waals surface area contributed by atoms with E-state index in [0.29, 0.717) is 18.5 Å². The number of benzene rings is 2. The fraction of sp³-hybridized carbons (Fsp3) is 0.368. The number of aliphatic hydroxyl groups is 1. The Morgan fingerprint density at radius 2 is 1.71 bits per heavy atom. The topological polar surface area (TPSA) is 23.5 Å². The van der Waals surface area contributed by atoms with Crippen molar-refractivity contribution in [2.24, 2.45) is 0 Å². The average molecular weight is 337 g/mol. The highest BCUT2D eigenvalue weighted by Gasteiger charge is 2.30. The number of nitrogens with zero attached hydrogens (tertiary/aromatic N) is 1. The van der Waals surface area contributed by atoms with Gasteiger partial charge in [0.05, 0.1) is 11.7 Å². The lowest BCUT2D eigenvalue weighted by molar-refractivity contribution is -0.137.